The molecule has 2 aliphatic rings. The van der Waals surface area contributed by atoms with Gasteiger partial charge in [0, 0.05) is 10.7 Å². The number of fused-ring (bicyclic) bond motifs is 1. The Labute approximate surface area is 166 Å². The number of anilines is 1. The summed E-state index contributed by atoms with van der Waals surface area (Å²) in [4.78, 5) is 31.8. The van der Waals surface area contributed by atoms with Crippen molar-refractivity contribution in [2.24, 2.45) is 4.99 Å². The molecule has 2 heterocycles. The average Bonchev–Trinajstić information content (AvgIpc) is 3.01. The van der Waals surface area contributed by atoms with E-state index in [4.69, 9.17) is 11.6 Å². The van der Waals surface area contributed by atoms with Gasteiger partial charge in [0.1, 0.15) is 0 Å². The van der Waals surface area contributed by atoms with Crippen molar-refractivity contribution < 1.29 is 9.59 Å². The highest BCUT2D eigenvalue weighted by Crippen LogP contribution is 2.41. The van der Waals surface area contributed by atoms with Crippen molar-refractivity contribution in [3.8, 4) is 0 Å². The molecule has 0 spiro atoms. The molecule has 2 aliphatic heterocycles. The van der Waals surface area contributed by atoms with Crippen LogP contribution in [0.25, 0.3) is 0 Å². The number of carbonyl (C=O) groups excluding carboxylic acids is 2. The summed E-state index contributed by atoms with van der Waals surface area (Å²) in [6.07, 6.45) is 0. The SMILES string of the molecule is CC1=C(C(=O)Nc2ccccc2)[C@H](c2cccc(Cl)c2)N2C(=O)CSC2=N1. The molecular weight excluding hydrogens is 382 g/mol. The summed E-state index contributed by atoms with van der Waals surface area (Å²) >= 11 is 7.57. The maximum Gasteiger partial charge on any atom is 0.255 e. The number of amides is 2. The number of allylic oxidation sites excluding steroid dienone is 1. The van der Waals surface area contributed by atoms with Gasteiger partial charge in [0.05, 0.1) is 23.1 Å². The smallest absolute Gasteiger partial charge is 0.255 e. The lowest BCUT2D eigenvalue weighted by Crippen LogP contribution is -2.40. The van der Waals surface area contributed by atoms with Crippen molar-refractivity contribution >= 4 is 46.0 Å². The Bertz CT molecular complexity index is 988. The number of benzene rings is 2. The fourth-order valence-corrected chi connectivity index (χ4v) is 4.38. The van der Waals surface area contributed by atoms with E-state index in [9.17, 15) is 9.59 Å². The van der Waals surface area contributed by atoms with Crippen LogP contribution in [0, 0.1) is 0 Å². The topological polar surface area (TPSA) is 61.8 Å². The predicted octanol–water partition coefficient (Wildman–Crippen LogP) is 4.24. The number of carbonyl (C=O) groups is 2. The minimum Gasteiger partial charge on any atom is -0.322 e. The molecule has 0 aliphatic carbocycles. The van der Waals surface area contributed by atoms with E-state index >= 15 is 0 Å². The fraction of sp³-hybridized carbons (Fsp3) is 0.150. The average molecular weight is 398 g/mol. The first-order valence-corrected chi connectivity index (χ1v) is 9.77. The van der Waals surface area contributed by atoms with Crippen molar-refractivity contribution in [2.45, 2.75) is 13.0 Å². The molecule has 5 nitrogen and oxygen atoms in total. The standard InChI is InChI=1S/C20H16ClN3O2S/c1-12-17(19(26)23-15-8-3-2-4-9-15)18(13-6-5-7-14(21)10-13)24-16(25)11-27-20(24)22-12/h2-10,18H,11H2,1H3,(H,23,26)/t18-/m0/s1. The zero-order chi connectivity index (χ0) is 19.0. The number of rotatable bonds is 3. The van der Waals surface area contributed by atoms with Gasteiger partial charge in [0.15, 0.2) is 5.17 Å². The van der Waals surface area contributed by atoms with E-state index in [1.54, 1.807) is 24.0 Å². The molecule has 1 N–H and O–H groups in total. The lowest BCUT2D eigenvalue weighted by molar-refractivity contribution is -0.125. The highest BCUT2D eigenvalue weighted by molar-refractivity contribution is 8.15. The number of halogens is 1. The first-order chi connectivity index (χ1) is 13.0. The van der Waals surface area contributed by atoms with Crippen molar-refractivity contribution in [1.29, 1.82) is 0 Å². The molecular formula is C20H16ClN3O2S. The first-order valence-electron chi connectivity index (χ1n) is 8.41. The number of amidine groups is 1. The number of aliphatic imine (C=N–C) groups is 1. The number of nitrogens with zero attached hydrogens (tertiary/aromatic N) is 2. The molecule has 0 bridgehead atoms. The van der Waals surface area contributed by atoms with Gasteiger partial charge in [0.2, 0.25) is 5.91 Å². The number of hydrogen-bond acceptors (Lipinski definition) is 4. The van der Waals surface area contributed by atoms with Crippen molar-refractivity contribution in [2.75, 3.05) is 11.1 Å². The van der Waals surface area contributed by atoms with Gasteiger partial charge in [-0.3, -0.25) is 14.5 Å². The summed E-state index contributed by atoms with van der Waals surface area (Å²) in [7, 11) is 0. The summed E-state index contributed by atoms with van der Waals surface area (Å²) in [6.45, 7) is 1.80. The van der Waals surface area contributed by atoms with E-state index in [-0.39, 0.29) is 11.8 Å². The molecule has 0 unspecified atom stereocenters. The molecule has 27 heavy (non-hydrogen) atoms. The Morgan fingerprint density at radius 1 is 1.22 bits per heavy atom. The van der Waals surface area contributed by atoms with E-state index in [1.807, 2.05) is 42.5 Å². The molecule has 1 saturated heterocycles. The number of hydrogen-bond donors (Lipinski definition) is 1. The van der Waals surface area contributed by atoms with Crippen LogP contribution in [0.3, 0.4) is 0 Å². The summed E-state index contributed by atoms with van der Waals surface area (Å²) in [5, 5.41) is 4.08. The van der Waals surface area contributed by atoms with Crippen molar-refractivity contribution in [3.63, 3.8) is 0 Å². The van der Waals surface area contributed by atoms with Crippen LogP contribution in [0.15, 0.2) is 70.9 Å². The summed E-state index contributed by atoms with van der Waals surface area (Å²) < 4.78 is 0. The molecule has 1 atom stereocenters. The maximum atomic E-state index is 13.1. The van der Waals surface area contributed by atoms with Gasteiger partial charge < -0.3 is 5.32 Å². The quantitative estimate of drug-likeness (QED) is 0.842. The maximum absolute atomic E-state index is 13.1. The molecule has 1 fully saturated rings. The molecule has 0 radical (unpaired) electrons. The molecule has 2 aromatic rings. The van der Waals surface area contributed by atoms with Crippen LogP contribution in [0.5, 0.6) is 0 Å². The molecule has 4 rings (SSSR count). The second kappa shape index (κ2) is 7.21. The zero-order valence-corrected chi connectivity index (χ0v) is 16.1. The van der Waals surface area contributed by atoms with Gasteiger partial charge in [-0.25, -0.2) is 4.99 Å². The monoisotopic (exact) mass is 397 g/mol. The molecule has 2 aromatic carbocycles. The minimum absolute atomic E-state index is 0.0683. The Hall–Kier alpha value is -2.57. The predicted molar refractivity (Wildman–Crippen MR) is 109 cm³/mol. The van der Waals surface area contributed by atoms with Crippen LogP contribution in [0.4, 0.5) is 5.69 Å². The van der Waals surface area contributed by atoms with Crippen LogP contribution >= 0.6 is 23.4 Å². The second-order valence-corrected chi connectivity index (χ2v) is 7.60. The van der Waals surface area contributed by atoms with E-state index in [1.165, 1.54) is 11.8 Å². The van der Waals surface area contributed by atoms with Crippen LogP contribution in [0.1, 0.15) is 18.5 Å². The van der Waals surface area contributed by atoms with Crippen LogP contribution in [-0.2, 0) is 9.59 Å². The minimum atomic E-state index is -0.553. The summed E-state index contributed by atoms with van der Waals surface area (Å²) in [5.41, 5.74) is 2.51. The van der Waals surface area contributed by atoms with Gasteiger partial charge in [-0.05, 0) is 36.8 Å². The molecule has 2 amide bonds. The van der Waals surface area contributed by atoms with Crippen LogP contribution in [0.2, 0.25) is 5.02 Å². The van der Waals surface area contributed by atoms with E-state index < -0.39 is 6.04 Å². The number of thioether (sulfide) groups is 1. The van der Waals surface area contributed by atoms with Crippen LogP contribution in [-0.4, -0.2) is 27.6 Å². The second-order valence-electron chi connectivity index (χ2n) is 6.22. The van der Waals surface area contributed by atoms with E-state index in [0.29, 0.717) is 32.9 Å². The highest BCUT2D eigenvalue weighted by atomic mass is 35.5. The molecule has 0 saturated carbocycles. The first kappa shape index (κ1) is 17.8. The Balaban J connectivity index is 1.79. The Kier molecular flexibility index (Phi) is 4.76. The lowest BCUT2D eigenvalue weighted by Gasteiger charge is -2.33. The fourth-order valence-electron chi connectivity index (χ4n) is 3.24. The third kappa shape index (κ3) is 3.38. The summed E-state index contributed by atoms with van der Waals surface area (Å²) in [5.74, 6) is -0.0334. The van der Waals surface area contributed by atoms with Gasteiger partial charge in [-0.15, -0.1) is 0 Å². The lowest BCUT2D eigenvalue weighted by atomic mass is 9.93. The van der Waals surface area contributed by atoms with E-state index in [0.717, 1.165) is 5.56 Å². The molecule has 136 valence electrons. The molecule has 7 heteroatoms. The number of para-hydroxylation sites is 1. The zero-order valence-electron chi connectivity index (χ0n) is 14.5. The Morgan fingerprint density at radius 2 is 2.00 bits per heavy atom. The van der Waals surface area contributed by atoms with E-state index in [2.05, 4.69) is 10.3 Å². The van der Waals surface area contributed by atoms with Gasteiger partial charge >= 0.3 is 0 Å². The van der Waals surface area contributed by atoms with Gasteiger partial charge in [-0.1, -0.05) is 53.7 Å². The normalized spacial score (nSPS) is 19.0. The van der Waals surface area contributed by atoms with Gasteiger partial charge in [-0.2, -0.15) is 0 Å². The summed E-state index contributed by atoms with van der Waals surface area (Å²) in [6, 6.07) is 15.9. The van der Waals surface area contributed by atoms with Crippen molar-refractivity contribution in [3.05, 3.63) is 76.5 Å². The van der Waals surface area contributed by atoms with Crippen molar-refractivity contribution in [1.82, 2.24) is 4.90 Å². The van der Waals surface area contributed by atoms with Gasteiger partial charge in [0.25, 0.3) is 5.91 Å². The third-order valence-corrected chi connectivity index (χ3v) is 5.60. The highest BCUT2D eigenvalue weighted by Gasteiger charge is 2.42. The molecule has 0 aromatic heterocycles. The third-order valence-electron chi connectivity index (χ3n) is 4.42. The largest absolute Gasteiger partial charge is 0.322 e. The van der Waals surface area contributed by atoms with Crippen LogP contribution < -0.4 is 5.32 Å². The Morgan fingerprint density at radius 3 is 2.74 bits per heavy atom. The number of nitrogens with one attached hydrogen (secondary N) is 1.